The molecule has 1 aliphatic rings. The van der Waals surface area contributed by atoms with Crippen LogP contribution in [0, 0.1) is 11.6 Å². The Kier molecular flexibility index (Phi) is 3.71. The fraction of sp³-hybridized carbons (Fsp3) is 0.231. The van der Waals surface area contributed by atoms with Crippen LogP contribution >= 0.6 is 23.1 Å². The smallest absolute Gasteiger partial charge is 0.233 e. The zero-order valence-corrected chi connectivity index (χ0v) is 11.9. The average Bonchev–Trinajstić information content (AvgIpc) is 3.05. The van der Waals surface area contributed by atoms with E-state index in [2.05, 4.69) is 4.98 Å². The molecule has 3 rings (SSSR count). The van der Waals surface area contributed by atoms with Crippen LogP contribution in [0.5, 0.6) is 0 Å². The lowest BCUT2D eigenvalue weighted by Crippen LogP contribution is -2.26. The Morgan fingerprint density at radius 3 is 2.50 bits per heavy atom. The van der Waals surface area contributed by atoms with E-state index < -0.39 is 11.6 Å². The van der Waals surface area contributed by atoms with E-state index in [0.29, 0.717) is 24.2 Å². The van der Waals surface area contributed by atoms with Gasteiger partial charge in [-0.3, -0.25) is 4.79 Å². The van der Waals surface area contributed by atoms with Crippen molar-refractivity contribution in [1.82, 2.24) is 9.88 Å². The summed E-state index contributed by atoms with van der Waals surface area (Å²) in [5.74, 6) is -1.50. The van der Waals surface area contributed by atoms with Crippen LogP contribution in [0.25, 0.3) is 0 Å². The minimum absolute atomic E-state index is 0.0535. The summed E-state index contributed by atoms with van der Waals surface area (Å²) >= 11 is 2.86. The first-order chi connectivity index (χ1) is 9.63. The highest BCUT2D eigenvalue weighted by molar-refractivity contribution is 8.01. The number of hydrogen-bond acceptors (Lipinski definition) is 4. The van der Waals surface area contributed by atoms with Crippen LogP contribution in [0.3, 0.4) is 0 Å². The van der Waals surface area contributed by atoms with E-state index in [4.69, 9.17) is 0 Å². The Hall–Kier alpha value is -1.47. The number of carbonyl (C=O) groups is 1. The molecule has 0 atom stereocenters. The molecule has 0 saturated carbocycles. The molecular formula is C13H10F2N2OS2. The first-order valence-electron chi connectivity index (χ1n) is 5.90. The Bertz CT molecular complexity index is 615. The number of rotatable bonds is 3. The largest absolute Gasteiger partial charge is 0.333 e. The molecule has 0 bridgehead atoms. The number of fused-ring (bicyclic) bond motifs is 1. The van der Waals surface area contributed by atoms with Gasteiger partial charge in [0, 0.05) is 24.7 Å². The third kappa shape index (κ3) is 2.69. The summed E-state index contributed by atoms with van der Waals surface area (Å²) in [4.78, 5) is 17.8. The van der Waals surface area contributed by atoms with Gasteiger partial charge < -0.3 is 4.90 Å². The highest BCUT2D eigenvalue weighted by atomic mass is 32.2. The van der Waals surface area contributed by atoms with Gasteiger partial charge in [0.05, 0.1) is 5.75 Å². The van der Waals surface area contributed by atoms with Gasteiger partial charge in [0.15, 0.2) is 11.6 Å². The minimum atomic E-state index is -0.866. The molecule has 2 heterocycles. The lowest BCUT2D eigenvalue weighted by molar-refractivity contribution is -0.128. The van der Waals surface area contributed by atoms with Gasteiger partial charge >= 0.3 is 0 Å². The molecule has 0 spiro atoms. The predicted octanol–water partition coefficient (Wildman–Crippen LogP) is 3.06. The van der Waals surface area contributed by atoms with Crippen molar-refractivity contribution in [2.45, 2.75) is 17.4 Å². The van der Waals surface area contributed by atoms with E-state index in [0.717, 1.165) is 4.34 Å². The Balaban J connectivity index is 1.64. The van der Waals surface area contributed by atoms with Crippen LogP contribution in [0.15, 0.2) is 28.0 Å². The van der Waals surface area contributed by atoms with Crippen molar-refractivity contribution < 1.29 is 13.6 Å². The summed E-state index contributed by atoms with van der Waals surface area (Å²) < 4.78 is 27.1. The molecule has 0 N–H and O–H groups in total. The third-order valence-electron chi connectivity index (χ3n) is 3.05. The van der Waals surface area contributed by atoms with E-state index in [1.54, 1.807) is 11.1 Å². The second kappa shape index (κ2) is 5.49. The van der Waals surface area contributed by atoms with Gasteiger partial charge in [-0.25, -0.2) is 13.8 Å². The SMILES string of the molecule is O=C(CSc1nccs1)N1Cc2cc(F)c(F)cc2C1. The summed E-state index contributed by atoms with van der Waals surface area (Å²) in [6.07, 6.45) is 1.69. The Labute approximate surface area is 122 Å². The van der Waals surface area contributed by atoms with E-state index in [-0.39, 0.29) is 11.7 Å². The van der Waals surface area contributed by atoms with E-state index in [1.165, 1.54) is 35.2 Å². The Morgan fingerprint density at radius 2 is 1.95 bits per heavy atom. The van der Waals surface area contributed by atoms with Crippen LogP contribution in [0.4, 0.5) is 8.78 Å². The monoisotopic (exact) mass is 312 g/mol. The molecule has 0 fully saturated rings. The van der Waals surface area contributed by atoms with Crippen molar-refractivity contribution in [2.24, 2.45) is 0 Å². The second-order valence-electron chi connectivity index (χ2n) is 4.37. The average molecular weight is 312 g/mol. The Morgan fingerprint density at radius 1 is 1.30 bits per heavy atom. The van der Waals surface area contributed by atoms with Gasteiger partial charge in [-0.2, -0.15) is 0 Å². The number of aromatic nitrogens is 1. The van der Waals surface area contributed by atoms with Crippen LogP contribution in [-0.2, 0) is 17.9 Å². The molecule has 104 valence electrons. The number of hydrogen-bond donors (Lipinski definition) is 0. The maximum atomic E-state index is 13.1. The van der Waals surface area contributed by atoms with Crippen molar-refractivity contribution in [3.8, 4) is 0 Å². The molecule has 1 aromatic heterocycles. The number of benzene rings is 1. The van der Waals surface area contributed by atoms with Crippen LogP contribution in [-0.4, -0.2) is 21.5 Å². The summed E-state index contributed by atoms with van der Waals surface area (Å²) in [5.41, 5.74) is 1.35. The lowest BCUT2D eigenvalue weighted by Gasteiger charge is -2.14. The molecule has 0 saturated heterocycles. The minimum Gasteiger partial charge on any atom is -0.333 e. The number of halogens is 2. The number of thioether (sulfide) groups is 1. The molecule has 1 aromatic carbocycles. The molecule has 0 aliphatic carbocycles. The third-order valence-corrected chi connectivity index (χ3v) is 5.00. The maximum absolute atomic E-state index is 13.1. The molecule has 20 heavy (non-hydrogen) atoms. The van der Waals surface area contributed by atoms with Crippen molar-refractivity contribution in [3.05, 3.63) is 46.5 Å². The van der Waals surface area contributed by atoms with Crippen LogP contribution in [0.1, 0.15) is 11.1 Å². The molecule has 3 nitrogen and oxygen atoms in total. The van der Waals surface area contributed by atoms with Crippen molar-refractivity contribution >= 4 is 29.0 Å². The highest BCUT2D eigenvalue weighted by Crippen LogP contribution is 2.27. The number of thiazole rings is 1. The molecule has 0 radical (unpaired) electrons. The molecule has 7 heteroatoms. The number of carbonyl (C=O) groups excluding carboxylic acids is 1. The van der Waals surface area contributed by atoms with Gasteiger partial charge in [-0.15, -0.1) is 11.3 Å². The highest BCUT2D eigenvalue weighted by Gasteiger charge is 2.25. The quantitative estimate of drug-likeness (QED) is 0.817. The molecule has 1 amide bonds. The standard InChI is InChI=1S/C13H10F2N2OS2/c14-10-3-8-5-17(6-9(8)4-11(10)15)12(18)7-20-13-16-1-2-19-13/h1-4H,5-7H2. The normalized spacial score (nSPS) is 13.6. The first kappa shape index (κ1) is 13.5. The fourth-order valence-corrected chi connectivity index (χ4v) is 3.60. The molecule has 0 unspecified atom stereocenters. The van der Waals surface area contributed by atoms with E-state index in [9.17, 15) is 13.6 Å². The van der Waals surface area contributed by atoms with Crippen LogP contribution < -0.4 is 0 Å². The lowest BCUT2D eigenvalue weighted by atomic mass is 10.1. The van der Waals surface area contributed by atoms with Crippen molar-refractivity contribution in [2.75, 3.05) is 5.75 Å². The van der Waals surface area contributed by atoms with E-state index in [1.807, 2.05) is 5.38 Å². The molecule has 2 aromatic rings. The molecule has 1 aliphatic heterocycles. The number of amides is 1. The van der Waals surface area contributed by atoms with Gasteiger partial charge in [0.1, 0.15) is 4.34 Å². The summed E-state index contributed by atoms with van der Waals surface area (Å²) in [5, 5.41) is 1.85. The first-order valence-corrected chi connectivity index (χ1v) is 7.77. The number of nitrogens with zero attached hydrogens (tertiary/aromatic N) is 2. The fourth-order valence-electron chi connectivity index (χ4n) is 2.06. The van der Waals surface area contributed by atoms with Crippen molar-refractivity contribution in [1.29, 1.82) is 0 Å². The van der Waals surface area contributed by atoms with Gasteiger partial charge in [-0.1, -0.05) is 11.8 Å². The summed E-state index contributed by atoms with van der Waals surface area (Å²) in [6.45, 7) is 0.674. The van der Waals surface area contributed by atoms with Crippen molar-refractivity contribution in [3.63, 3.8) is 0 Å². The van der Waals surface area contributed by atoms with E-state index >= 15 is 0 Å². The van der Waals surface area contributed by atoms with Crippen LogP contribution in [0.2, 0.25) is 0 Å². The predicted molar refractivity (Wildman–Crippen MR) is 73.5 cm³/mol. The molecular weight excluding hydrogens is 302 g/mol. The summed E-state index contributed by atoms with van der Waals surface area (Å²) in [6, 6.07) is 2.35. The summed E-state index contributed by atoms with van der Waals surface area (Å²) in [7, 11) is 0. The maximum Gasteiger partial charge on any atom is 0.233 e. The second-order valence-corrected chi connectivity index (χ2v) is 6.49. The van der Waals surface area contributed by atoms with Gasteiger partial charge in [-0.05, 0) is 23.3 Å². The zero-order valence-electron chi connectivity index (χ0n) is 10.3. The zero-order chi connectivity index (χ0) is 14.1. The van der Waals surface area contributed by atoms with Gasteiger partial charge in [0.25, 0.3) is 0 Å². The topological polar surface area (TPSA) is 33.2 Å². The van der Waals surface area contributed by atoms with Gasteiger partial charge in [0.2, 0.25) is 5.91 Å².